The lowest BCUT2D eigenvalue weighted by atomic mass is 10.0. The summed E-state index contributed by atoms with van der Waals surface area (Å²) in [4.78, 5) is 2.08. The number of benzene rings is 2. The van der Waals surface area contributed by atoms with E-state index < -0.39 is 34.8 Å². The van der Waals surface area contributed by atoms with Crippen molar-refractivity contribution in [2.75, 3.05) is 63.9 Å². The van der Waals surface area contributed by atoms with Crippen molar-refractivity contribution in [3.8, 4) is 17.6 Å². The molecule has 0 amide bonds. The normalized spacial score (nSPS) is 18.0. The molecule has 1 aliphatic heterocycles. The minimum atomic E-state index is -4.49. The number of alkyl halides is 4. The minimum Gasteiger partial charge on any atom is -0.495 e. The first kappa shape index (κ1) is 31.5. The van der Waals surface area contributed by atoms with Crippen molar-refractivity contribution in [1.29, 1.82) is 0 Å². The lowest BCUT2D eigenvalue weighted by Crippen LogP contribution is -2.48. The summed E-state index contributed by atoms with van der Waals surface area (Å²) < 4.78 is 90.8. The summed E-state index contributed by atoms with van der Waals surface area (Å²) in [5, 5.41) is 6.76. The number of rotatable bonds is 10. The number of anilines is 2. The molecule has 0 saturated carbocycles. The molecule has 1 aliphatic rings. The lowest BCUT2D eigenvalue weighted by Gasteiger charge is -2.35. The van der Waals surface area contributed by atoms with Crippen LogP contribution in [0.2, 0.25) is 0 Å². The Morgan fingerprint density at radius 1 is 1.12 bits per heavy atom. The number of hydrogen-bond acceptors (Lipinski definition) is 7. The van der Waals surface area contributed by atoms with Gasteiger partial charge in [0, 0.05) is 50.1 Å². The first-order valence-corrected chi connectivity index (χ1v) is 15.2. The van der Waals surface area contributed by atoms with Crippen LogP contribution >= 0.6 is 0 Å². The summed E-state index contributed by atoms with van der Waals surface area (Å²) in [5.41, 5.74) is 1.52. The number of hydrogen-bond donors (Lipinski definition) is 2. The van der Waals surface area contributed by atoms with E-state index in [1.807, 2.05) is 4.90 Å². The van der Waals surface area contributed by atoms with Gasteiger partial charge in [0.25, 0.3) is 0 Å². The van der Waals surface area contributed by atoms with Crippen molar-refractivity contribution in [3.63, 3.8) is 0 Å². The third kappa shape index (κ3) is 7.87. The van der Waals surface area contributed by atoms with Gasteiger partial charge in [0.2, 0.25) is 0 Å². The van der Waals surface area contributed by atoms with Crippen LogP contribution in [0.4, 0.5) is 28.9 Å². The molecule has 1 fully saturated rings. The molecule has 2 aromatic carbocycles. The van der Waals surface area contributed by atoms with Gasteiger partial charge in [-0.2, -0.15) is 13.2 Å². The van der Waals surface area contributed by atoms with Crippen molar-refractivity contribution < 1.29 is 35.5 Å². The number of halogens is 4. The van der Waals surface area contributed by atoms with Gasteiger partial charge in [-0.3, -0.25) is 4.90 Å². The van der Waals surface area contributed by atoms with Gasteiger partial charge in [0.15, 0.2) is 9.84 Å². The van der Waals surface area contributed by atoms with Crippen LogP contribution in [0.25, 0.3) is 10.9 Å². The standard InChI is InChI=1S/C29H34F4N4O4S/c1-40-15-14-36-13-11-25(23(30)18-36)35-24-7-4-8-27-22(24)16-20(37(27)19-29(31,32)33)6-5-12-34-26-10-9-21(42(3,38)39)17-28(26)41-2/h4,7-10,16-17,23,25,34-35H,11-15,18-19H2,1-3H3/t23-,25?/m1/s1. The van der Waals surface area contributed by atoms with Crippen LogP contribution in [0.1, 0.15) is 12.1 Å². The summed E-state index contributed by atoms with van der Waals surface area (Å²) in [7, 11) is -0.436. The average molecular weight is 611 g/mol. The number of nitrogens with zero attached hydrogens (tertiary/aromatic N) is 2. The zero-order chi connectivity index (χ0) is 30.5. The average Bonchev–Trinajstić information content (AvgIpc) is 3.27. The Morgan fingerprint density at radius 2 is 1.90 bits per heavy atom. The molecule has 228 valence electrons. The van der Waals surface area contributed by atoms with E-state index >= 15 is 4.39 Å². The Morgan fingerprint density at radius 3 is 2.57 bits per heavy atom. The molecule has 0 aliphatic carbocycles. The monoisotopic (exact) mass is 610 g/mol. The van der Waals surface area contributed by atoms with Gasteiger partial charge in [0.05, 0.1) is 48.1 Å². The Labute approximate surface area is 242 Å². The smallest absolute Gasteiger partial charge is 0.406 e. The number of likely N-dealkylation sites (tertiary alicyclic amines) is 1. The molecular weight excluding hydrogens is 576 g/mol. The number of aromatic nitrogens is 1. The van der Waals surface area contributed by atoms with E-state index in [1.54, 1.807) is 31.4 Å². The molecular formula is C29H34F4N4O4S. The maximum atomic E-state index is 15.0. The zero-order valence-electron chi connectivity index (χ0n) is 23.6. The number of fused-ring (bicyclic) bond motifs is 1. The summed E-state index contributed by atoms with van der Waals surface area (Å²) in [6, 6.07) is 10.4. The number of sulfone groups is 1. The summed E-state index contributed by atoms with van der Waals surface area (Å²) in [6.45, 7) is 0.893. The minimum absolute atomic E-state index is 0.0540. The maximum Gasteiger partial charge on any atom is 0.406 e. The molecule has 2 atom stereocenters. The quantitative estimate of drug-likeness (QED) is 0.258. The molecule has 1 aromatic heterocycles. The van der Waals surface area contributed by atoms with Crippen LogP contribution in [0.5, 0.6) is 5.75 Å². The fourth-order valence-corrected chi connectivity index (χ4v) is 5.58. The van der Waals surface area contributed by atoms with Crippen LogP contribution in [-0.2, 0) is 21.1 Å². The third-order valence-electron chi connectivity index (χ3n) is 7.05. The topological polar surface area (TPSA) is 84.8 Å². The number of piperidine rings is 1. The van der Waals surface area contributed by atoms with Crippen LogP contribution in [0.3, 0.4) is 0 Å². The van der Waals surface area contributed by atoms with Gasteiger partial charge in [-0.15, -0.1) is 0 Å². The van der Waals surface area contributed by atoms with Gasteiger partial charge in [-0.05, 0) is 42.7 Å². The van der Waals surface area contributed by atoms with Gasteiger partial charge < -0.3 is 24.7 Å². The van der Waals surface area contributed by atoms with Crippen LogP contribution in [-0.4, -0.2) is 89.5 Å². The van der Waals surface area contributed by atoms with Gasteiger partial charge in [-0.25, -0.2) is 12.8 Å². The lowest BCUT2D eigenvalue weighted by molar-refractivity contribution is -0.140. The largest absolute Gasteiger partial charge is 0.495 e. The highest BCUT2D eigenvalue weighted by atomic mass is 32.2. The summed E-state index contributed by atoms with van der Waals surface area (Å²) in [5.74, 6) is 5.96. The molecule has 42 heavy (non-hydrogen) atoms. The molecule has 1 saturated heterocycles. The van der Waals surface area contributed by atoms with Crippen molar-refractivity contribution in [2.45, 2.75) is 36.3 Å². The molecule has 2 heterocycles. The van der Waals surface area contributed by atoms with Crippen molar-refractivity contribution >= 4 is 32.1 Å². The van der Waals surface area contributed by atoms with E-state index in [2.05, 4.69) is 22.5 Å². The first-order valence-electron chi connectivity index (χ1n) is 13.3. The van der Waals surface area contributed by atoms with E-state index in [0.717, 1.165) is 10.8 Å². The number of nitrogens with one attached hydrogen (secondary N) is 2. The maximum absolute atomic E-state index is 15.0. The van der Waals surface area contributed by atoms with E-state index in [1.165, 1.54) is 25.3 Å². The Balaban J connectivity index is 1.56. The summed E-state index contributed by atoms with van der Waals surface area (Å²) in [6.07, 6.45) is -4.02. The van der Waals surface area contributed by atoms with Crippen molar-refractivity contribution in [2.24, 2.45) is 0 Å². The fourth-order valence-electron chi connectivity index (χ4n) is 4.94. The second kappa shape index (κ2) is 13.2. The Bertz CT molecular complexity index is 1560. The molecule has 0 radical (unpaired) electrons. The highest BCUT2D eigenvalue weighted by molar-refractivity contribution is 7.90. The zero-order valence-corrected chi connectivity index (χ0v) is 24.4. The van der Waals surface area contributed by atoms with Gasteiger partial charge in [-0.1, -0.05) is 12.0 Å². The molecule has 1 unspecified atom stereocenters. The number of methoxy groups -OCH3 is 2. The van der Waals surface area contributed by atoms with Crippen molar-refractivity contribution in [1.82, 2.24) is 9.47 Å². The van der Waals surface area contributed by atoms with E-state index in [-0.39, 0.29) is 29.4 Å². The van der Waals surface area contributed by atoms with Crippen LogP contribution in [0.15, 0.2) is 47.4 Å². The Hall–Kier alpha value is -3.47. The molecule has 2 N–H and O–H groups in total. The fraction of sp³-hybridized carbons (Fsp3) is 0.448. The Kier molecular flexibility index (Phi) is 9.91. The van der Waals surface area contributed by atoms with Crippen molar-refractivity contribution in [3.05, 3.63) is 48.2 Å². The molecule has 8 nitrogen and oxygen atoms in total. The van der Waals surface area contributed by atoms with Crippen LogP contribution < -0.4 is 15.4 Å². The highest BCUT2D eigenvalue weighted by Crippen LogP contribution is 2.32. The molecule has 13 heteroatoms. The second-order valence-corrected chi connectivity index (χ2v) is 12.1. The second-order valence-electron chi connectivity index (χ2n) is 10.1. The van der Waals surface area contributed by atoms with Gasteiger partial charge >= 0.3 is 6.18 Å². The van der Waals surface area contributed by atoms with Gasteiger partial charge in [0.1, 0.15) is 18.5 Å². The van der Waals surface area contributed by atoms with E-state index in [4.69, 9.17) is 9.47 Å². The SMILES string of the molecule is COCCN1CCC(Nc2cccc3c2cc(C#CCNc2ccc(S(C)(=O)=O)cc2OC)n3CC(F)(F)F)[C@H](F)C1. The predicted octanol–water partition coefficient (Wildman–Crippen LogP) is 4.55. The summed E-state index contributed by atoms with van der Waals surface area (Å²) >= 11 is 0. The van der Waals surface area contributed by atoms with Crippen LogP contribution in [0, 0.1) is 11.8 Å². The number of ether oxygens (including phenoxy) is 2. The molecule has 3 aromatic rings. The molecule has 0 bridgehead atoms. The third-order valence-corrected chi connectivity index (χ3v) is 8.16. The first-order chi connectivity index (χ1) is 19.9. The van der Waals surface area contributed by atoms with E-state index in [0.29, 0.717) is 48.4 Å². The molecule has 0 spiro atoms. The molecule has 4 rings (SSSR count). The highest BCUT2D eigenvalue weighted by Gasteiger charge is 2.31. The predicted molar refractivity (Wildman–Crippen MR) is 155 cm³/mol. The van der Waals surface area contributed by atoms with E-state index in [9.17, 15) is 21.6 Å².